The molecule has 0 unspecified atom stereocenters. The Morgan fingerprint density at radius 2 is 2.10 bits per heavy atom. The number of nitrogens with two attached hydrogens (primary N) is 1. The number of benzene rings is 2. The van der Waals surface area contributed by atoms with E-state index < -0.39 is 4.92 Å². The van der Waals surface area contributed by atoms with Crippen molar-refractivity contribution in [2.75, 3.05) is 5.73 Å². The predicted molar refractivity (Wildman–Crippen MR) is 79.9 cm³/mol. The van der Waals surface area contributed by atoms with Crippen molar-refractivity contribution in [3.63, 3.8) is 0 Å². The molecule has 6 nitrogen and oxygen atoms in total. The molecule has 0 radical (unpaired) electrons. The van der Waals surface area contributed by atoms with Crippen LogP contribution in [-0.4, -0.2) is 9.91 Å². The molecule has 0 atom stereocenters. The van der Waals surface area contributed by atoms with E-state index >= 15 is 0 Å². The Morgan fingerprint density at radius 1 is 1.29 bits per heavy atom. The summed E-state index contributed by atoms with van der Waals surface area (Å²) in [7, 11) is 0. The first kappa shape index (κ1) is 13.1. The van der Waals surface area contributed by atoms with Gasteiger partial charge in [0.15, 0.2) is 5.58 Å². The minimum absolute atomic E-state index is 0.0456. The maximum Gasteiger partial charge on any atom is 0.270 e. The average Bonchev–Trinajstić information content (AvgIpc) is 2.89. The van der Waals surface area contributed by atoms with E-state index in [0.29, 0.717) is 22.7 Å². The van der Waals surface area contributed by atoms with E-state index in [9.17, 15) is 10.1 Å². The van der Waals surface area contributed by atoms with Crippen molar-refractivity contribution in [2.45, 2.75) is 13.3 Å². The average molecular weight is 283 g/mol. The molecular weight excluding hydrogens is 270 g/mol. The zero-order chi connectivity index (χ0) is 15.0. The van der Waals surface area contributed by atoms with Gasteiger partial charge in [-0.1, -0.05) is 13.0 Å². The Kier molecular flexibility index (Phi) is 3.06. The summed E-state index contributed by atoms with van der Waals surface area (Å²) in [6.07, 6.45) is 0.900. The summed E-state index contributed by atoms with van der Waals surface area (Å²) >= 11 is 0. The molecule has 0 aliphatic rings. The number of rotatable bonds is 3. The highest BCUT2D eigenvalue weighted by molar-refractivity contribution is 5.81. The number of nitrogen functional groups attached to an aromatic ring is 1. The topological polar surface area (TPSA) is 95.2 Å². The van der Waals surface area contributed by atoms with Gasteiger partial charge in [0.1, 0.15) is 5.52 Å². The van der Waals surface area contributed by atoms with Gasteiger partial charge in [0, 0.05) is 17.8 Å². The third kappa shape index (κ3) is 2.31. The smallest absolute Gasteiger partial charge is 0.270 e. The zero-order valence-corrected chi connectivity index (χ0v) is 11.4. The quantitative estimate of drug-likeness (QED) is 0.450. The summed E-state index contributed by atoms with van der Waals surface area (Å²) in [6.45, 7) is 2.06. The van der Waals surface area contributed by atoms with Gasteiger partial charge in [-0.3, -0.25) is 10.1 Å². The van der Waals surface area contributed by atoms with Gasteiger partial charge in [0.25, 0.3) is 5.69 Å². The molecule has 2 aromatic carbocycles. The summed E-state index contributed by atoms with van der Waals surface area (Å²) in [5.74, 6) is 0.291. The molecule has 3 rings (SSSR count). The van der Waals surface area contributed by atoms with Gasteiger partial charge in [-0.15, -0.1) is 0 Å². The molecule has 21 heavy (non-hydrogen) atoms. The number of hydrogen-bond acceptors (Lipinski definition) is 5. The van der Waals surface area contributed by atoms with Crippen LogP contribution < -0.4 is 5.73 Å². The highest BCUT2D eigenvalue weighted by Gasteiger charge is 2.15. The number of aromatic nitrogens is 1. The number of aryl methyl sites for hydroxylation is 1. The van der Waals surface area contributed by atoms with Gasteiger partial charge in [0.2, 0.25) is 5.89 Å². The second kappa shape index (κ2) is 4.90. The van der Waals surface area contributed by atoms with Crippen molar-refractivity contribution in [3.8, 4) is 11.5 Å². The first-order valence-corrected chi connectivity index (χ1v) is 6.52. The fourth-order valence-corrected chi connectivity index (χ4v) is 2.15. The fourth-order valence-electron chi connectivity index (χ4n) is 2.15. The second-order valence-corrected chi connectivity index (χ2v) is 4.70. The predicted octanol–water partition coefficient (Wildman–Crippen LogP) is 3.55. The molecule has 0 bridgehead atoms. The zero-order valence-electron chi connectivity index (χ0n) is 11.4. The second-order valence-electron chi connectivity index (χ2n) is 4.70. The number of hydrogen-bond donors (Lipinski definition) is 1. The monoisotopic (exact) mass is 283 g/mol. The maximum absolute atomic E-state index is 10.9. The number of nitro groups is 1. The molecular formula is C15H13N3O3. The summed E-state index contributed by atoms with van der Waals surface area (Å²) in [6, 6.07) is 9.97. The highest BCUT2D eigenvalue weighted by atomic mass is 16.6. The molecule has 0 aliphatic carbocycles. The lowest BCUT2D eigenvalue weighted by Gasteiger charge is -2.00. The van der Waals surface area contributed by atoms with E-state index in [1.807, 2.05) is 18.2 Å². The summed E-state index contributed by atoms with van der Waals surface area (Å²) in [5.41, 5.74) is 9.15. The Morgan fingerprint density at radius 3 is 2.81 bits per heavy atom. The molecule has 0 aliphatic heterocycles. The third-order valence-corrected chi connectivity index (χ3v) is 3.34. The molecule has 0 spiro atoms. The first-order chi connectivity index (χ1) is 10.1. The number of nitro benzene ring substituents is 1. The van der Waals surface area contributed by atoms with Gasteiger partial charge in [-0.25, -0.2) is 4.98 Å². The van der Waals surface area contributed by atoms with Gasteiger partial charge in [0.05, 0.1) is 10.5 Å². The molecule has 0 amide bonds. The van der Waals surface area contributed by atoms with Crippen molar-refractivity contribution in [1.29, 1.82) is 0 Å². The van der Waals surface area contributed by atoms with E-state index in [1.54, 1.807) is 0 Å². The molecule has 0 saturated heterocycles. The number of non-ortho nitro benzene ring substituents is 1. The largest absolute Gasteiger partial charge is 0.436 e. The molecule has 1 heterocycles. The summed E-state index contributed by atoms with van der Waals surface area (Å²) in [4.78, 5) is 14.8. The molecule has 2 N–H and O–H groups in total. The van der Waals surface area contributed by atoms with Crippen LogP contribution in [0.4, 0.5) is 11.4 Å². The van der Waals surface area contributed by atoms with Crippen LogP contribution in [0, 0.1) is 10.1 Å². The number of anilines is 1. The Labute approximate surface area is 120 Å². The summed E-state index contributed by atoms with van der Waals surface area (Å²) < 4.78 is 5.66. The van der Waals surface area contributed by atoms with E-state index in [4.69, 9.17) is 10.2 Å². The lowest BCUT2D eigenvalue weighted by molar-refractivity contribution is -0.384. The Bertz CT molecular complexity index is 839. The Hall–Kier alpha value is -2.89. The van der Waals surface area contributed by atoms with Gasteiger partial charge >= 0.3 is 0 Å². The lowest BCUT2D eigenvalue weighted by atomic mass is 10.1. The molecule has 1 aromatic heterocycles. The van der Waals surface area contributed by atoms with Crippen LogP contribution in [0.1, 0.15) is 12.5 Å². The SMILES string of the molecule is CCc1ccc2oc(-c3cc([N+](=O)[O-])ccc3N)nc2c1. The van der Waals surface area contributed by atoms with Crippen molar-refractivity contribution >= 4 is 22.5 Å². The van der Waals surface area contributed by atoms with Crippen molar-refractivity contribution in [1.82, 2.24) is 4.98 Å². The van der Waals surface area contributed by atoms with Crippen LogP contribution in [0.2, 0.25) is 0 Å². The molecule has 106 valence electrons. The van der Waals surface area contributed by atoms with Gasteiger partial charge < -0.3 is 10.2 Å². The van der Waals surface area contributed by atoms with Crippen LogP contribution in [0.25, 0.3) is 22.6 Å². The summed E-state index contributed by atoms with van der Waals surface area (Å²) in [5, 5.41) is 10.9. The molecule has 0 saturated carbocycles. The van der Waals surface area contributed by atoms with Crippen molar-refractivity contribution < 1.29 is 9.34 Å². The standard InChI is InChI=1S/C15H13N3O3/c1-2-9-3-6-14-13(7-9)17-15(21-14)11-8-10(18(19)20)4-5-12(11)16/h3-8H,2,16H2,1H3. The maximum atomic E-state index is 10.9. The highest BCUT2D eigenvalue weighted by Crippen LogP contribution is 2.31. The number of fused-ring (bicyclic) bond motifs is 1. The van der Waals surface area contributed by atoms with Crippen molar-refractivity contribution in [2.24, 2.45) is 0 Å². The Balaban J connectivity index is 2.15. The van der Waals surface area contributed by atoms with Gasteiger partial charge in [-0.2, -0.15) is 0 Å². The third-order valence-electron chi connectivity index (χ3n) is 3.34. The van der Waals surface area contributed by atoms with E-state index in [-0.39, 0.29) is 5.69 Å². The fraction of sp³-hybridized carbons (Fsp3) is 0.133. The van der Waals surface area contributed by atoms with E-state index in [0.717, 1.165) is 17.5 Å². The molecule has 6 heteroatoms. The van der Waals surface area contributed by atoms with Gasteiger partial charge in [-0.05, 0) is 30.2 Å². The number of nitrogens with zero attached hydrogens (tertiary/aromatic N) is 2. The number of oxazole rings is 1. The lowest BCUT2D eigenvalue weighted by Crippen LogP contribution is -1.93. The minimum Gasteiger partial charge on any atom is -0.436 e. The van der Waals surface area contributed by atoms with Crippen LogP contribution in [0.15, 0.2) is 40.8 Å². The molecule has 3 aromatic rings. The van der Waals surface area contributed by atoms with E-state index in [2.05, 4.69) is 11.9 Å². The van der Waals surface area contributed by atoms with Crippen LogP contribution in [-0.2, 0) is 6.42 Å². The van der Waals surface area contributed by atoms with E-state index in [1.165, 1.54) is 18.2 Å². The first-order valence-electron chi connectivity index (χ1n) is 6.52. The normalized spacial score (nSPS) is 10.9. The van der Waals surface area contributed by atoms with Crippen molar-refractivity contribution in [3.05, 3.63) is 52.1 Å². The minimum atomic E-state index is -0.471. The molecule has 0 fully saturated rings. The van der Waals surface area contributed by atoms with Crippen LogP contribution in [0.5, 0.6) is 0 Å². The van der Waals surface area contributed by atoms with Crippen LogP contribution in [0.3, 0.4) is 0 Å². The van der Waals surface area contributed by atoms with Crippen LogP contribution >= 0.6 is 0 Å².